The van der Waals surface area contributed by atoms with Crippen LogP contribution in [0.25, 0.3) is 0 Å². The summed E-state index contributed by atoms with van der Waals surface area (Å²) in [6, 6.07) is 0. The Balaban J connectivity index is 4.04. The summed E-state index contributed by atoms with van der Waals surface area (Å²) in [4.78, 5) is 4.57. The van der Waals surface area contributed by atoms with Gasteiger partial charge in [-0.15, -0.1) is 0 Å². The molecule has 0 rings (SSSR count). The van der Waals surface area contributed by atoms with E-state index in [1.807, 2.05) is 0 Å². The first-order valence-electron chi connectivity index (χ1n) is 6.41. The standard InChI is InChI=1S/C13H29N3/c1-7-14-12(16-13(4,5)6)15-10-8-9-11(2)3/h11H,7-10H2,1-6H3,(H2,14,15,16). The van der Waals surface area contributed by atoms with E-state index in [1.165, 1.54) is 12.8 Å². The van der Waals surface area contributed by atoms with Crippen molar-refractivity contribution in [2.45, 2.75) is 59.9 Å². The first-order chi connectivity index (χ1) is 7.35. The Labute approximate surface area is 101 Å². The average molecular weight is 227 g/mol. The number of aliphatic imine (C=N–C) groups is 1. The van der Waals surface area contributed by atoms with Crippen LogP contribution in [0.15, 0.2) is 4.99 Å². The molecule has 0 aliphatic rings. The van der Waals surface area contributed by atoms with Gasteiger partial charge in [0.2, 0.25) is 0 Å². The van der Waals surface area contributed by atoms with Gasteiger partial charge in [0.15, 0.2) is 5.96 Å². The van der Waals surface area contributed by atoms with E-state index in [9.17, 15) is 0 Å². The number of rotatable bonds is 5. The van der Waals surface area contributed by atoms with E-state index in [2.05, 4.69) is 57.2 Å². The van der Waals surface area contributed by atoms with E-state index in [0.717, 1.165) is 25.0 Å². The minimum Gasteiger partial charge on any atom is -0.357 e. The fourth-order valence-electron chi connectivity index (χ4n) is 1.35. The van der Waals surface area contributed by atoms with Crippen molar-refractivity contribution < 1.29 is 0 Å². The summed E-state index contributed by atoms with van der Waals surface area (Å²) >= 11 is 0. The Bertz CT molecular complexity index is 202. The molecular formula is C13H29N3. The molecule has 0 fully saturated rings. The lowest BCUT2D eigenvalue weighted by Gasteiger charge is -2.23. The number of hydrogen-bond donors (Lipinski definition) is 2. The highest BCUT2D eigenvalue weighted by Crippen LogP contribution is 2.03. The van der Waals surface area contributed by atoms with Crippen molar-refractivity contribution in [2.75, 3.05) is 13.1 Å². The molecule has 0 saturated heterocycles. The predicted octanol–water partition coefficient (Wildman–Crippen LogP) is 2.78. The fraction of sp³-hybridized carbons (Fsp3) is 0.923. The lowest BCUT2D eigenvalue weighted by molar-refractivity contribution is 0.500. The molecule has 3 heteroatoms. The van der Waals surface area contributed by atoms with Crippen molar-refractivity contribution in [1.82, 2.24) is 10.6 Å². The van der Waals surface area contributed by atoms with Crippen molar-refractivity contribution in [2.24, 2.45) is 10.9 Å². The average Bonchev–Trinajstić information content (AvgIpc) is 2.09. The molecule has 96 valence electrons. The summed E-state index contributed by atoms with van der Waals surface area (Å²) in [5.74, 6) is 1.70. The topological polar surface area (TPSA) is 36.4 Å². The van der Waals surface area contributed by atoms with Crippen molar-refractivity contribution in [1.29, 1.82) is 0 Å². The molecule has 0 aromatic carbocycles. The lowest BCUT2D eigenvalue weighted by Crippen LogP contribution is -2.47. The lowest BCUT2D eigenvalue weighted by atomic mass is 10.1. The molecule has 0 radical (unpaired) electrons. The highest BCUT2D eigenvalue weighted by molar-refractivity contribution is 5.80. The van der Waals surface area contributed by atoms with Gasteiger partial charge in [-0.3, -0.25) is 4.99 Å². The smallest absolute Gasteiger partial charge is 0.191 e. The molecule has 0 atom stereocenters. The van der Waals surface area contributed by atoms with E-state index in [4.69, 9.17) is 0 Å². The van der Waals surface area contributed by atoms with E-state index >= 15 is 0 Å². The maximum absolute atomic E-state index is 4.57. The second kappa shape index (κ2) is 7.53. The van der Waals surface area contributed by atoms with Crippen molar-refractivity contribution in [3.63, 3.8) is 0 Å². The summed E-state index contributed by atoms with van der Waals surface area (Å²) < 4.78 is 0. The van der Waals surface area contributed by atoms with Gasteiger partial charge in [-0.1, -0.05) is 13.8 Å². The molecular weight excluding hydrogens is 198 g/mol. The third-order valence-electron chi connectivity index (χ3n) is 2.05. The third-order valence-corrected chi connectivity index (χ3v) is 2.05. The van der Waals surface area contributed by atoms with Gasteiger partial charge < -0.3 is 10.6 Å². The maximum atomic E-state index is 4.57. The Morgan fingerprint density at radius 3 is 2.31 bits per heavy atom. The van der Waals surface area contributed by atoms with Crippen LogP contribution >= 0.6 is 0 Å². The minimum absolute atomic E-state index is 0.0685. The number of nitrogens with one attached hydrogen (secondary N) is 2. The van der Waals surface area contributed by atoms with E-state index in [1.54, 1.807) is 0 Å². The number of hydrogen-bond acceptors (Lipinski definition) is 1. The Morgan fingerprint density at radius 1 is 1.25 bits per heavy atom. The second-order valence-corrected chi connectivity index (χ2v) is 5.67. The summed E-state index contributed by atoms with van der Waals surface area (Å²) in [5, 5.41) is 6.65. The maximum Gasteiger partial charge on any atom is 0.191 e. The normalized spacial score (nSPS) is 13.1. The van der Waals surface area contributed by atoms with Crippen LogP contribution < -0.4 is 10.6 Å². The Kier molecular flexibility index (Phi) is 7.18. The molecule has 0 spiro atoms. The van der Waals surface area contributed by atoms with Crippen LogP contribution in [-0.2, 0) is 0 Å². The summed E-state index contributed by atoms with van der Waals surface area (Å²) in [7, 11) is 0. The minimum atomic E-state index is 0.0685. The van der Waals surface area contributed by atoms with Crippen LogP contribution in [0.3, 0.4) is 0 Å². The molecule has 0 aliphatic carbocycles. The predicted molar refractivity (Wildman–Crippen MR) is 72.9 cm³/mol. The molecule has 0 aromatic heterocycles. The fourth-order valence-corrected chi connectivity index (χ4v) is 1.35. The first kappa shape index (κ1) is 15.3. The van der Waals surface area contributed by atoms with Gasteiger partial charge in [0.1, 0.15) is 0 Å². The largest absolute Gasteiger partial charge is 0.357 e. The molecule has 0 amide bonds. The van der Waals surface area contributed by atoms with E-state index in [0.29, 0.717) is 0 Å². The van der Waals surface area contributed by atoms with Crippen LogP contribution in [0, 0.1) is 5.92 Å². The monoisotopic (exact) mass is 227 g/mol. The highest BCUT2D eigenvalue weighted by Gasteiger charge is 2.11. The van der Waals surface area contributed by atoms with Crippen LogP contribution in [0.1, 0.15) is 54.4 Å². The molecule has 0 bridgehead atoms. The van der Waals surface area contributed by atoms with Crippen LogP contribution in [0.5, 0.6) is 0 Å². The first-order valence-corrected chi connectivity index (χ1v) is 6.41. The molecule has 2 N–H and O–H groups in total. The van der Waals surface area contributed by atoms with Gasteiger partial charge in [-0.25, -0.2) is 0 Å². The van der Waals surface area contributed by atoms with Crippen molar-refractivity contribution in [3.8, 4) is 0 Å². The summed E-state index contributed by atoms with van der Waals surface area (Å²) in [6.07, 6.45) is 2.41. The van der Waals surface area contributed by atoms with Crippen LogP contribution in [0.2, 0.25) is 0 Å². The van der Waals surface area contributed by atoms with E-state index < -0.39 is 0 Å². The van der Waals surface area contributed by atoms with Gasteiger partial charge in [0.25, 0.3) is 0 Å². The third kappa shape index (κ3) is 9.81. The van der Waals surface area contributed by atoms with Crippen LogP contribution in [-0.4, -0.2) is 24.6 Å². The molecule has 16 heavy (non-hydrogen) atoms. The summed E-state index contributed by atoms with van der Waals surface area (Å²) in [5.41, 5.74) is 0.0685. The number of guanidine groups is 1. The zero-order valence-electron chi connectivity index (χ0n) is 11.9. The van der Waals surface area contributed by atoms with Crippen molar-refractivity contribution in [3.05, 3.63) is 0 Å². The van der Waals surface area contributed by atoms with Gasteiger partial charge >= 0.3 is 0 Å². The summed E-state index contributed by atoms with van der Waals surface area (Å²) in [6.45, 7) is 14.9. The van der Waals surface area contributed by atoms with Crippen molar-refractivity contribution >= 4 is 5.96 Å². The zero-order valence-corrected chi connectivity index (χ0v) is 11.9. The molecule has 3 nitrogen and oxygen atoms in total. The quantitative estimate of drug-likeness (QED) is 0.430. The van der Waals surface area contributed by atoms with Gasteiger partial charge in [0.05, 0.1) is 0 Å². The SMILES string of the molecule is CCNC(=NCCCC(C)C)NC(C)(C)C. The second-order valence-electron chi connectivity index (χ2n) is 5.67. The van der Waals surface area contributed by atoms with Gasteiger partial charge in [0, 0.05) is 18.6 Å². The Hall–Kier alpha value is -0.730. The van der Waals surface area contributed by atoms with Crippen LogP contribution in [0.4, 0.5) is 0 Å². The zero-order chi connectivity index (χ0) is 12.6. The molecule has 0 saturated carbocycles. The molecule has 0 unspecified atom stereocenters. The molecule has 0 aliphatic heterocycles. The van der Waals surface area contributed by atoms with Gasteiger partial charge in [-0.2, -0.15) is 0 Å². The van der Waals surface area contributed by atoms with Gasteiger partial charge in [-0.05, 0) is 46.5 Å². The highest BCUT2D eigenvalue weighted by atomic mass is 15.2. The van der Waals surface area contributed by atoms with E-state index in [-0.39, 0.29) is 5.54 Å². The number of nitrogens with zero attached hydrogens (tertiary/aromatic N) is 1. The Morgan fingerprint density at radius 2 is 1.88 bits per heavy atom. The molecule has 0 heterocycles. The molecule has 0 aromatic rings.